The first kappa shape index (κ1) is 13.6. The van der Waals surface area contributed by atoms with Crippen LogP contribution in [-0.4, -0.2) is 27.8 Å². The summed E-state index contributed by atoms with van der Waals surface area (Å²) >= 11 is 0. The van der Waals surface area contributed by atoms with Crippen LogP contribution >= 0.6 is 0 Å². The minimum atomic E-state index is -0.0968. The lowest BCUT2D eigenvalue weighted by Gasteiger charge is -2.20. The van der Waals surface area contributed by atoms with E-state index < -0.39 is 0 Å². The molecule has 0 bridgehead atoms. The molecule has 110 valence electrons. The van der Waals surface area contributed by atoms with Crippen molar-refractivity contribution in [3.63, 3.8) is 0 Å². The summed E-state index contributed by atoms with van der Waals surface area (Å²) in [6.45, 7) is 2.27. The van der Waals surface area contributed by atoms with Crippen LogP contribution < -0.4 is 5.73 Å². The molecule has 0 fully saturated rings. The van der Waals surface area contributed by atoms with Gasteiger partial charge in [-0.15, -0.1) is 0 Å². The number of aromatic nitrogens is 3. The number of carbonyl (C=O) groups is 1. The lowest BCUT2D eigenvalue weighted by Crippen LogP contribution is -2.19. The van der Waals surface area contributed by atoms with Gasteiger partial charge in [0, 0.05) is 6.20 Å². The van der Waals surface area contributed by atoms with Crippen molar-refractivity contribution in [2.45, 2.75) is 26.2 Å². The molecule has 1 aliphatic rings. The fourth-order valence-electron chi connectivity index (χ4n) is 2.66. The highest BCUT2D eigenvalue weighted by Crippen LogP contribution is 2.32. The van der Waals surface area contributed by atoms with Crippen LogP contribution in [0.25, 0.3) is 16.6 Å². The summed E-state index contributed by atoms with van der Waals surface area (Å²) < 4.78 is 5.08. The van der Waals surface area contributed by atoms with Crippen LogP contribution in [0, 0.1) is 5.92 Å². The summed E-state index contributed by atoms with van der Waals surface area (Å²) in [7, 11) is 0. The number of nitrogens with zero attached hydrogens (tertiary/aromatic N) is 2. The van der Waals surface area contributed by atoms with E-state index in [2.05, 4.69) is 21.3 Å². The average Bonchev–Trinajstić information content (AvgIpc) is 2.89. The van der Waals surface area contributed by atoms with E-state index in [9.17, 15) is 4.79 Å². The van der Waals surface area contributed by atoms with Gasteiger partial charge in [0.1, 0.15) is 5.82 Å². The van der Waals surface area contributed by atoms with Crippen molar-refractivity contribution < 1.29 is 9.53 Å². The van der Waals surface area contributed by atoms with E-state index in [-0.39, 0.29) is 11.9 Å². The van der Waals surface area contributed by atoms with Crippen LogP contribution in [0.3, 0.4) is 0 Å². The van der Waals surface area contributed by atoms with E-state index in [1.165, 1.54) is 5.57 Å². The number of nitrogens with one attached hydrogen (secondary N) is 1. The van der Waals surface area contributed by atoms with Gasteiger partial charge in [0.15, 0.2) is 5.65 Å². The van der Waals surface area contributed by atoms with E-state index in [4.69, 9.17) is 10.5 Å². The third-order valence-corrected chi connectivity index (χ3v) is 3.84. The highest BCUT2D eigenvalue weighted by atomic mass is 16.5. The van der Waals surface area contributed by atoms with Gasteiger partial charge >= 0.3 is 5.97 Å². The predicted molar refractivity (Wildman–Crippen MR) is 80.3 cm³/mol. The van der Waals surface area contributed by atoms with Gasteiger partial charge in [-0.3, -0.25) is 9.89 Å². The molecule has 6 heteroatoms. The number of ether oxygens (including phenoxy) is 1. The van der Waals surface area contributed by atoms with Gasteiger partial charge in [0.25, 0.3) is 0 Å². The number of esters is 1. The number of H-pyrrole nitrogens is 1. The molecule has 0 amide bonds. The summed E-state index contributed by atoms with van der Waals surface area (Å²) in [5.41, 5.74) is 8.69. The lowest BCUT2D eigenvalue weighted by molar-refractivity contribution is -0.148. The number of nitrogens with two attached hydrogens (primary N) is 1. The zero-order valence-electron chi connectivity index (χ0n) is 11.9. The molecule has 0 aliphatic heterocycles. The van der Waals surface area contributed by atoms with E-state index in [0.717, 1.165) is 23.8 Å². The van der Waals surface area contributed by atoms with Crippen LogP contribution in [0.5, 0.6) is 0 Å². The first-order chi connectivity index (χ1) is 10.2. The van der Waals surface area contributed by atoms with E-state index in [1.807, 2.05) is 13.0 Å². The van der Waals surface area contributed by atoms with Crippen molar-refractivity contribution in [2.75, 3.05) is 12.3 Å². The van der Waals surface area contributed by atoms with Crippen LogP contribution in [0.1, 0.15) is 31.7 Å². The number of nitrogen functional groups attached to an aromatic ring is 1. The highest BCUT2D eigenvalue weighted by Gasteiger charge is 2.23. The van der Waals surface area contributed by atoms with E-state index >= 15 is 0 Å². The maximum atomic E-state index is 11.7. The Morgan fingerprint density at radius 1 is 1.57 bits per heavy atom. The third kappa shape index (κ3) is 2.61. The van der Waals surface area contributed by atoms with Gasteiger partial charge in [-0.25, -0.2) is 4.98 Å². The summed E-state index contributed by atoms with van der Waals surface area (Å²) in [5.74, 6) is 0.407. The molecule has 3 rings (SSSR count). The van der Waals surface area contributed by atoms with Gasteiger partial charge in [-0.2, -0.15) is 5.10 Å². The normalized spacial score (nSPS) is 18.5. The molecule has 2 aromatic rings. The molecule has 2 heterocycles. The Balaban J connectivity index is 1.80. The van der Waals surface area contributed by atoms with Crippen LogP contribution in [-0.2, 0) is 9.53 Å². The summed E-state index contributed by atoms with van der Waals surface area (Å²) in [6, 6.07) is 2.00. The number of hydrogen-bond donors (Lipinski definition) is 2. The molecule has 0 aromatic carbocycles. The largest absolute Gasteiger partial charge is 0.466 e. The molecule has 6 nitrogen and oxygen atoms in total. The topological polar surface area (TPSA) is 93.9 Å². The molecule has 2 aromatic heterocycles. The van der Waals surface area contributed by atoms with Gasteiger partial charge in [0.2, 0.25) is 0 Å². The predicted octanol–water partition coefficient (Wildman–Crippen LogP) is 2.29. The molecule has 0 radical (unpaired) electrons. The van der Waals surface area contributed by atoms with Crippen molar-refractivity contribution in [3.8, 4) is 0 Å². The molecule has 1 unspecified atom stereocenters. The van der Waals surface area contributed by atoms with Crippen molar-refractivity contribution in [2.24, 2.45) is 5.92 Å². The molecule has 3 N–H and O–H groups in total. The summed E-state index contributed by atoms with van der Waals surface area (Å²) in [6.07, 6.45) is 6.27. The standard InChI is InChI=1S/C15H18N4O2/c1-2-21-15(20)10-5-3-9(4-6-10)11-7-12-13(16)18-19-14(12)17-8-11/h3,7-8,10H,2,4-6H2,1H3,(H3,16,17,18,19). The molecule has 0 saturated heterocycles. The van der Waals surface area contributed by atoms with Gasteiger partial charge in [-0.1, -0.05) is 6.08 Å². The Labute approximate surface area is 122 Å². The fourth-order valence-corrected chi connectivity index (χ4v) is 2.66. The molecule has 0 spiro atoms. The molecular formula is C15H18N4O2. The number of fused-ring (bicyclic) bond motifs is 1. The Hall–Kier alpha value is -2.37. The number of hydrogen-bond acceptors (Lipinski definition) is 5. The maximum Gasteiger partial charge on any atom is 0.309 e. The first-order valence-corrected chi connectivity index (χ1v) is 7.14. The number of allylic oxidation sites excluding steroid dienone is 2. The average molecular weight is 286 g/mol. The van der Waals surface area contributed by atoms with Crippen molar-refractivity contribution in [1.29, 1.82) is 0 Å². The second-order valence-electron chi connectivity index (χ2n) is 5.19. The molecular weight excluding hydrogens is 268 g/mol. The second kappa shape index (κ2) is 5.55. The zero-order valence-corrected chi connectivity index (χ0v) is 11.9. The highest BCUT2D eigenvalue weighted by molar-refractivity contribution is 5.88. The summed E-state index contributed by atoms with van der Waals surface area (Å²) in [5, 5.41) is 7.58. The minimum Gasteiger partial charge on any atom is -0.466 e. The monoisotopic (exact) mass is 286 g/mol. The van der Waals surface area contributed by atoms with Crippen LogP contribution in [0.2, 0.25) is 0 Å². The van der Waals surface area contributed by atoms with E-state index in [0.29, 0.717) is 24.5 Å². The van der Waals surface area contributed by atoms with Crippen LogP contribution in [0.15, 0.2) is 18.3 Å². The number of anilines is 1. The van der Waals surface area contributed by atoms with E-state index in [1.54, 1.807) is 6.20 Å². The number of pyridine rings is 1. The van der Waals surface area contributed by atoms with Crippen molar-refractivity contribution in [1.82, 2.24) is 15.2 Å². The van der Waals surface area contributed by atoms with Crippen LogP contribution in [0.4, 0.5) is 5.82 Å². The molecule has 0 saturated carbocycles. The second-order valence-corrected chi connectivity index (χ2v) is 5.19. The number of rotatable bonds is 3. The fraction of sp³-hybridized carbons (Fsp3) is 0.400. The Morgan fingerprint density at radius 3 is 3.14 bits per heavy atom. The smallest absolute Gasteiger partial charge is 0.309 e. The quantitative estimate of drug-likeness (QED) is 0.844. The molecule has 1 atom stereocenters. The molecule has 1 aliphatic carbocycles. The lowest BCUT2D eigenvalue weighted by atomic mass is 9.87. The van der Waals surface area contributed by atoms with Crippen molar-refractivity contribution in [3.05, 3.63) is 23.9 Å². The third-order valence-electron chi connectivity index (χ3n) is 3.84. The Kier molecular flexibility index (Phi) is 3.60. The van der Waals surface area contributed by atoms with Gasteiger partial charge in [0.05, 0.1) is 17.9 Å². The number of aromatic amines is 1. The van der Waals surface area contributed by atoms with Gasteiger partial charge in [-0.05, 0) is 43.4 Å². The SMILES string of the molecule is CCOC(=O)C1CC=C(c2cnc3n[nH]c(N)c3c2)CC1. The summed E-state index contributed by atoms with van der Waals surface area (Å²) in [4.78, 5) is 16.0. The molecule has 21 heavy (non-hydrogen) atoms. The van der Waals surface area contributed by atoms with Gasteiger partial charge < -0.3 is 10.5 Å². The maximum absolute atomic E-state index is 11.7. The number of carbonyl (C=O) groups excluding carboxylic acids is 1. The Morgan fingerprint density at radius 2 is 2.43 bits per heavy atom. The first-order valence-electron chi connectivity index (χ1n) is 7.14. The van der Waals surface area contributed by atoms with Crippen molar-refractivity contribution >= 4 is 28.4 Å². The zero-order chi connectivity index (χ0) is 14.8. The Bertz CT molecular complexity index is 705. The minimum absolute atomic E-state index is 0.0237.